The van der Waals surface area contributed by atoms with E-state index in [1.54, 1.807) is 17.2 Å². The summed E-state index contributed by atoms with van der Waals surface area (Å²) >= 11 is 0. The van der Waals surface area contributed by atoms with Gasteiger partial charge < -0.3 is 15.0 Å². The molecular weight excluding hydrogens is 444 g/mol. The number of carbonyl (C=O) groups excluding carboxylic acids is 2. The summed E-state index contributed by atoms with van der Waals surface area (Å²) in [5, 5.41) is 3.35. The number of cyclic esters (lactones) is 1. The Hall–Kier alpha value is -3.46. The van der Waals surface area contributed by atoms with Gasteiger partial charge in [-0.1, -0.05) is 44.7 Å². The number of benzene rings is 1. The second kappa shape index (κ2) is 10.9. The molecule has 35 heavy (non-hydrogen) atoms. The number of piperazine rings is 1. The molecule has 0 saturated carbocycles. The lowest BCUT2D eigenvalue weighted by molar-refractivity contribution is -0.127. The second-order valence-corrected chi connectivity index (χ2v) is 9.41. The molecule has 0 radical (unpaired) electrons. The lowest BCUT2D eigenvalue weighted by Gasteiger charge is -2.34. The quantitative estimate of drug-likeness (QED) is 0.581. The first-order valence-corrected chi connectivity index (χ1v) is 12.1. The average molecular weight is 479 g/mol. The summed E-state index contributed by atoms with van der Waals surface area (Å²) in [6.07, 6.45) is 2.67. The Morgan fingerprint density at radius 2 is 1.89 bits per heavy atom. The van der Waals surface area contributed by atoms with E-state index in [1.165, 1.54) is 11.6 Å². The zero-order chi connectivity index (χ0) is 24.9. The van der Waals surface area contributed by atoms with Crippen molar-refractivity contribution < 1.29 is 14.3 Å². The predicted molar refractivity (Wildman–Crippen MR) is 135 cm³/mol. The van der Waals surface area contributed by atoms with Crippen LogP contribution in [0.2, 0.25) is 0 Å². The first-order valence-electron chi connectivity index (χ1n) is 12.1. The molecule has 9 heteroatoms. The van der Waals surface area contributed by atoms with Gasteiger partial charge in [0.25, 0.3) is 0 Å². The summed E-state index contributed by atoms with van der Waals surface area (Å²) in [6, 6.07) is 10.2. The van der Waals surface area contributed by atoms with Crippen molar-refractivity contribution in [3.8, 4) is 0 Å². The van der Waals surface area contributed by atoms with Crippen molar-refractivity contribution in [3.05, 3.63) is 60.3 Å². The Bertz CT molecular complexity index is 1050. The maximum absolute atomic E-state index is 12.3. The molecule has 2 aliphatic heterocycles. The minimum atomic E-state index is -0.370. The normalized spacial score (nSPS) is 19.5. The van der Waals surface area contributed by atoms with Crippen LogP contribution in [-0.4, -0.2) is 70.6 Å². The van der Waals surface area contributed by atoms with Crippen molar-refractivity contribution >= 4 is 23.8 Å². The molecule has 9 nitrogen and oxygen atoms in total. The highest BCUT2D eigenvalue weighted by Crippen LogP contribution is 2.27. The number of carbonyl (C=O) groups is 2. The van der Waals surface area contributed by atoms with Crippen molar-refractivity contribution in [2.24, 2.45) is 5.92 Å². The van der Waals surface area contributed by atoms with E-state index in [2.05, 4.69) is 71.8 Å². The standard InChI is InChI=1S/C26H34N6O3/c1-5-24(33)31-14-12-30(13-15-31)16-20-6-8-21(9-7-20)19(4)28-25-27-11-10-23(29-25)32-22(18(2)3)17-35-26(32)34/h5-11,18-19,22H,1,12-17H2,2-4H3,(H,27,28,29)/t19-,22+/m0/s1. The molecule has 3 heterocycles. The predicted octanol–water partition coefficient (Wildman–Crippen LogP) is 3.46. The average Bonchev–Trinajstić information content (AvgIpc) is 3.26. The molecular formula is C26H34N6O3. The van der Waals surface area contributed by atoms with Crippen LogP contribution in [-0.2, 0) is 16.1 Å². The minimum absolute atomic E-state index is 0.00473. The number of amides is 2. The first-order chi connectivity index (χ1) is 16.9. The fourth-order valence-corrected chi connectivity index (χ4v) is 4.45. The summed E-state index contributed by atoms with van der Waals surface area (Å²) in [5.41, 5.74) is 2.35. The smallest absolute Gasteiger partial charge is 0.415 e. The zero-order valence-electron chi connectivity index (χ0n) is 20.7. The van der Waals surface area contributed by atoms with Crippen LogP contribution in [0.5, 0.6) is 0 Å². The molecule has 1 aromatic carbocycles. The van der Waals surface area contributed by atoms with Gasteiger partial charge in [0.1, 0.15) is 12.4 Å². The van der Waals surface area contributed by atoms with Gasteiger partial charge >= 0.3 is 6.09 Å². The molecule has 2 amide bonds. The molecule has 186 valence electrons. The van der Waals surface area contributed by atoms with Crippen LogP contribution < -0.4 is 10.2 Å². The number of anilines is 2. The number of hydrogen-bond donors (Lipinski definition) is 1. The van der Waals surface area contributed by atoms with Crippen molar-refractivity contribution in [2.45, 2.75) is 39.4 Å². The Labute approximate surface area is 206 Å². The van der Waals surface area contributed by atoms with Gasteiger partial charge in [0.15, 0.2) is 0 Å². The topological polar surface area (TPSA) is 90.9 Å². The molecule has 4 rings (SSSR count). The highest BCUT2D eigenvalue weighted by Gasteiger charge is 2.37. The van der Waals surface area contributed by atoms with Gasteiger partial charge in [-0.3, -0.25) is 14.6 Å². The van der Waals surface area contributed by atoms with Gasteiger partial charge in [0.05, 0.1) is 12.1 Å². The van der Waals surface area contributed by atoms with E-state index in [0.717, 1.165) is 38.3 Å². The van der Waals surface area contributed by atoms with Crippen LogP contribution in [0.1, 0.15) is 37.9 Å². The number of nitrogens with zero attached hydrogens (tertiary/aromatic N) is 5. The van der Waals surface area contributed by atoms with E-state index in [0.29, 0.717) is 18.4 Å². The zero-order valence-corrected chi connectivity index (χ0v) is 20.7. The van der Waals surface area contributed by atoms with Crippen molar-refractivity contribution in [3.63, 3.8) is 0 Å². The molecule has 2 saturated heterocycles. The number of aromatic nitrogens is 2. The van der Waals surface area contributed by atoms with E-state index in [4.69, 9.17) is 4.74 Å². The largest absolute Gasteiger partial charge is 0.447 e. The van der Waals surface area contributed by atoms with E-state index in [9.17, 15) is 9.59 Å². The van der Waals surface area contributed by atoms with Crippen LogP contribution in [0.4, 0.5) is 16.6 Å². The van der Waals surface area contributed by atoms with Gasteiger partial charge in [-0.25, -0.2) is 9.78 Å². The van der Waals surface area contributed by atoms with Crippen molar-refractivity contribution in [1.29, 1.82) is 0 Å². The highest BCUT2D eigenvalue weighted by molar-refractivity contribution is 5.89. The summed E-state index contributed by atoms with van der Waals surface area (Å²) < 4.78 is 5.25. The maximum Gasteiger partial charge on any atom is 0.415 e. The van der Waals surface area contributed by atoms with Gasteiger partial charge in [-0.15, -0.1) is 0 Å². The van der Waals surface area contributed by atoms with E-state index in [1.807, 2.05) is 4.90 Å². The fraction of sp³-hybridized carbons (Fsp3) is 0.462. The van der Waals surface area contributed by atoms with E-state index < -0.39 is 0 Å². The maximum atomic E-state index is 12.3. The van der Waals surface area contributed by atoms with Crippen molar-refractivity contribution in [2.75, 3.05) is 43.0 Å². The molecule has 2 fully saturated rings. The van der Waals surface area contributed by atoms with Crippen LogP contribution in [0.3, 0.4) is 0 Å². The monoisotopic (exact) mass is 478 g/mol. The third kappa shape index (κ3) is 5.79. The fourth-order valence-electron chi connectivity index (χ4n) is 4.45. The number of nitrogens with one attached hydrogen (secondary N) is 1. The summed E-state index contributed by atoms with van der Waals surface area (Å²) in [6.45, 7) is 14.2. The van der Waals surface area contributed by atoms with Crippen LogP contribution in [0.15, 0.2) is 49.2 Å². The van der Waals surface area contributed by atoms with Crippen molar-refractivity contribution in [1.82, 2.24) is 19.8 Å². The van der Waals surface area contributed by atoms with E-state index in [-0.39, 0.29) is 30.0 Å². The summed E-state index contributed by atoms with van der Waals surface area (Å²) in [5.74, 6) is 1.27. The number of ether oxygens (including phenoxy) is 1. The van der Waals surface area contributed by atoms with Crippen LogP contribution in [0.25, 0.3) is 0 Å². The highest BCUT2D eigenvalue weighted by atomic mass is 16.6. The Balaban J connectivity index is 1.35. The molecule has 1 aromatic heterocycles. The summed E-state index contributed by atoms with van der Waals surface area (Å²) in [4.78, 5) is 38.8. The van der Waals surface area contributed by atoms with Crippen LogP contribution >= 0.6 is 0 Å². The van der Waals surface area contributed by atoms with Crippen LogP contribution in [0, 0.1) is 5.92 Å². The molecule has 0 spiro atoms. The third-order valence-corrected chi connectivity index (χ3v) is 6.65. The lowest BCUT2D eigenvalue weighted by atomic mass is 10.0. The summed E-state index contributed by atoms with van der Waals surface area (Å²) in [7, 11) is 0. The molecule has 1 N–H and O–H groups in total. The second-order valence-electron chi connectivity index (χ2n) is 9.41. The molecule has 2 atom stereocenters. The lowest BCUT2D eigenvalue weighted by Crippen LogP contribution is -2.47. The molecule has 2 aromatic rings. The van der Waals surface area contributed by atoms with Gasteiger partial charge in [0, 0.05) is 38.9 Å². The number of hydrogen-bond acceptors (Lipinski definition) is 7. The van der Waals surface area contributed by atoms with Gasteiger partial charge in [-0.05, 0) is 36.1 Å². The Morgan fingerprint density at radius 1 is 1.17 bits per heavy atom. The molecule has 0 aliphatic carbocycles. The molecule has 0 bridgehead atoms. The third-order valence-electron chi connectivity index (χ3n) is 6.65. The SMILES string of the molecule is C=CC(=O)N1CCN(Cc2ccc([C@H](C)Nc3nccc(N4C(=O)OC[C@@H]4C(C)C)n3)cc2)CC1. The van der Waals surface area contributed by atoms with Gasteiger partial charge in [-0.2, -0.15) is 4.98 Å². The Kier molecular flexibility index (Phi) is 7.65. The van der Waals surface area contributed by atoms with Gasteiger partial charge in [0.2, 0.25) is 11.9 Å². The Morgan fingerprint density at radius 3 is 2.54 bits per heavy atom. The number of rotatable bonds is 8. The molecule has 2 aliphatic rings. The minimum Gasteiger partial charge on any atom is -0.447 e. The first kappa shape index (κ1) is 24.7. The van der Waals surface area contributed by atoms with E-state index >= 15 is 0 Å². The molecule has 0 unspecified atom stereocenters.